The summed E-state index contributed by atoms with van der Waals surface area (Å²) in [4.78, 5) is 23.8. The van der Waals surface area contributed by atoms with Crippen LogP contribution in [0.2, 0.25) is 0 Å². The molecule has 1 aliphatic heterocycles. The molecule has 2 aromatic rings. The lowest BCUT2D eigenvalue weighted by Crippen LogP contribution is -2.22. The molecule has 2 heterocycles. The van der Waals surface area contributed by atoms with Crippen LogP contribution >= 0.6 is 0 Å². The fourth-order valence-corrected chi connectivity index (χ4v) is 3.42. The van der Waals surface area contributed by atoms with Crippen molar-refractivity contribution in [3.8, 4) is 0 Å². The van der Waals surface area contributed by atoms with Gasteiger partial charge in [-0.15, -0.1) is 0 Å². The van der Waals surface area contributed by atoms with Crippen LogP contribution in [0.25, 0.3) is 11.0 Å². The summed E-state index contributed by atoms with van der Waals surface area (Å²) >= 11 is 0. The summed E-state index contributed by atoms with van der Waals surface area (Å²) in [6.45, 7) is 0.670. The first-order valence-corrected chi connectivity index (χ1v) is 8.07. The molecular weight excluding hydrogens is 296 g/mol. The van der Waals surface area contributed by atoms with Gasteiger partial charge in [-0.3, -0.25) is 0 Å². The van der Waals surface area contributed by atoms with Crippen LogP contribution in [0.1, 0.15) is 36.0 Å². The van der Waals surface area contributed by atoms with Gasteiger partial charge in [0.2, 0.25) is 0 Å². The molecule has 0 amide bonds. The molecule has 0 bridgehead atoms. The molecular formula is C18H18O5. The smallest absolute Gasteiger partial charge is 0.336 e. The Balaban J connectivity index is 1.63. The maximum absolute atomic E-state index is 12.0. The van der Waals surface area contributed by atoms with E-state index in [2.05, 4.69) is 6.07 Å². The summed E-state index contributed by atoms with van der Waals surface area (Å²) in [7, 11) is 0. The Bertz CT molecular complexity index is 814. The van der Waals surface area contributed by atoms with Crippen LogP contribution < -0.4 is 5.63 Å². The Morgan fingerprint density at radius 2 is 2.00 bits per heavy atom. The first-order chi connectivity index (χ1) is 11.2. The molecule has 5 nitrogen and oxygen atoms in total. The first-order valence-electron chi connectivity index (χ1n) is 8.07. The lowest BCUT2D eigenvalue weighted by molar-refractivity contribution is -0.155. The lowest BCUT2D eigenvalue weighted by atomic mass is 10.0. The van der Waals surface area contributed by atoms with Crippen LogP contribution in [0.15, 0.2) is 27.4 Å². The molecule has 120 valence electrons. The van der Waals surface area contributed by atoms with Gasteiger partial charge in [0, 0.05) is 23.6 Å². The third-order valence-corrected chi connectivity index (χ3v) is 4.61. The van der Waals surface area contributed by atoms with Crippen molar-refractivity contribution in [2.75, 3.05) is 6.61 Å². The Labute approximate surface area is 133 Å². The second-order valence-electron chi connectivity index (χ2n) is 6.17. The van der Waals surface area contributed by atoms with Crippen molar-refractivity contribution in [3.63, 3.8) is 0 Å². The highest BCUT2D eigenvalue weighted by atomic mass is 16.6. The molecule has 0 spiro atoms. The maximum atomic E-state index is 12.0. The zero-order chi connectivity index (χ0) is 15.8. The minimum Gasteiger partial charge on any atom is -0.459 e. The van der Waals surface area contributed by atoms with Crippen molar-refractivity contribution in [3.05, 3.63) is 45.3 Å². The van der Waals surface area contributed by atoms with E-state index < -0.39 is 11.7 Å². The zero-order valence-electron chi connectivity index (χ0n) is 12.8. The van der Waals surface area contributed by atoms with E-state index in [1.165, 1.54) is 17.2 Å². The molecule has 23 heavy (non-hydrogen) atoms. The molecule has 1 atom stereocenters. The minimum absolute atomic E-state index is 0.0690. The fourth-order valence-electron chi connectivity index (χ4n) is 3.42. The Hall–Kier alpha value is -2.14. The number of benzene rings is 1. The van der Waals surface area contributed by atoms with Gasteiger partial charge in [0.1, 0.15) is 12.2 Å². The normalized spacial score (nSPS) is 19.9. The van der Waals surface area contributed by atoms with E-state index in [1.807, 2.05) is 6.07 Å². The Kier molecular flexibility index (Phi) is 3.65. The van der Waals surface area contributed by atoms with Crippen LogP contribution in [-0.2, 0) is 33.7 Å². The van der Waals surface area contributed by atoms with E-state index in [-0.39, 0.29) is 12.6 Å². The van der Waals surface area contributed by atoms with Crippen molar-refractivity contribution in [1.29, 1.82) is 0 Å². The predicted molar refractivity (Wildman–Crippen MR) is 83.3 cm³/mol. The zero-order valence-corrected chi connectivity index (χ0v) is 12.8. The van der Waals surface area contributed by atoms with Gasteiger partial charge in [0.15, 0.2) is 6.10 Å². The largest absolute Gasteiger partial charge is 0.459 e. The van der Waals surface area contributed by atoms with Gasteiger partial charge in [-0.1, -0.05) is 0 Å². The molecule has 1 fully saturated rings. The molecule has 1 unspecified atom stereocenters. The number of rotatable bonds is 3. The van der Waals surface area contributed by atoms with Crippen LogP contribution in [-0.4, -0.2) is 18.7 Å². The first kappa shape index (κ1) is 14.5. The monoisotopic (exact) mass is 314 g/mol. The number of aryl methyl sites for hydroxylation is 2. The average Bonchev–Trinajstić information content (AvgIpc) is 3.21. The van der Waals surface area contributed by atoms with E-state index in [4.69, 9.17) is 13.9 Å². The number of carbonyl (C=O) groups excluding carboxylic acids is 1. The van der Waals surface area contributed by atoms with E-state index in [9.17, 15) is 9.59 Å². The quantitative estimate of drug-likeness (QED) is 0.643. The summed E-state index contributed by atoms with van der Waals surface area (Å²) in [5, 5.41) is 0.852. The summed E-state index contributed by atoms with van der Waals surface area (Å²) in [5.41, 5.74) is 3.38. The van der Waals surface area contributed by atoms with Crippen molar-refractivity contribution in [2.45, 2.75) is 44.8 Å². The van der Waals surface area contributed by atoms with Crippen molar-refractivity contribution in [1.82, 2.24) is 0 Å². The summed E-state index contributed by atoms with van der Waals surface area (Å²) < 4.78 is 16.0. The van der Waals surface area contributed by atoms with Gasteiger partial charge >= 0.3 is 11.6 Å². The summed E-state index contributed by atoms with van der Waals surface area (Å²) in [5.74, 6) is -0.356. The lowest BCUT2D eigenvalue weighted by Gasteiger charge is -2.11. The van der Waals surface area contributed by atoms with Crippen LogP contribution in [0.5, 0.6) is 0 Å². The van der Waals surface area contributed by atoms with Gasteiger partial charge in [0.05, 0.1) is 0 Å². The van der Waals surface area contributed by atoms with Crippen LogP contribution in [0.4, 0.5) is 0 Å². The van der Waals surface area contributed by atoms with Crippen molar-refractivity contribution >= 4 is 16.9 Å². The van der Waals surface area contributed by atoms with E-state index in [0.717, 1.165) is 31.1 Å². The fraction of sp³-hybridized carbons (Fsp3) is 0.444. The Morgan fingerprint density at radius 1 is 1.17 bits per heavy atom. The molecule has 4 rings (SSSR count). The van der Waals surface area contributed by atoms with E-state index in [1.54, 1.807) is 0 Å². The second kappa shape index (κ2) is 5.81. The van der Waals surface area contributed by atoms with Crippen molar-refractivity contribution in [2.24, 2.45) is 0 Å². The highest BCUT2D eigenvalue weighted by Crippen LogP contribution is 2.29. The SMILES string of the molecule is O=C(OCc1cc(=O)oc2cc3c(cc12)CCC3)C1CCCO1. The molecule has 5 heteroatoms. The highest BCUT2D eigenvalue weighted by molar-refractivity contribution is 5.82. The molecule has 1 aliphatic carbocycles. The van der Waals surface area contributed by atoms with E-state index >= 15 is 0 Å². The molecule has 1 aromatic heterocycles. The highest BCUT2D eigenvalue weighted by Gasteiger charge is 2.25. The predicted octanol–water partition coefficient (Wildman–Crippen LogP) is 2.50. The van der Waals surface area contributed by atoms with Gasteiger partial charge in [-0.25, -0.2) is 9.59 Å². The molecule has 1 saturated heterocycles. The van der Waals surface area contributed by atoms with Gasteiger partial charge in [0.25, 0.3) is 0 Å². The molecule has 0 saturated carbocycles. The van der Waals surface area contributed by atoms with Crippen LogP contribution in [0, 0.1) is 0 Å². The van der Waals surface area contributed by atoms with Gasteiger partial charge in [-0.2, -0.15) is 0 Å². The second-order valence-corrected chi connectivity index (χ2v) is 6.17. The Morgan fingerprint density at radius 3 is 2.78 bits per heavy atom. The number of esters is 1. The van der Waals surface area contributed by atoms with Gasteiger partial charge < -0.3 is 13.9 Å². The number of fused-ring (bicyclic) bond motifs is 2. The standard InChI is InChI=1S/C18H18O5/c19-17-9-13(10-22-18(20)15-5-2-6-21-15)14-7-11-3-1-4-12(11)8-16(14)23-17/h7-9,15H,1-6,10H2. The topological polar surface area (TPSA) is 65.7 Å². The number of carbonyl (C=O) groups is 1. The molecule has 0 radical (unpaired) electrons. The summed E-state index contributed by atoms with van der Waals surface area (Å²) in [6, 6.07) is 5.42. The number of hydrogen-bond donors (Lipinski definition) is 0. The van der Waals surface area contributed by atoms with Crippen LogP contribution in [0.3, 0.4) is 0 Å². The maximum Gasteiger partial charge on any atom is 0.336 e. The molecule has 1 aromatic carbocycles. The minimum atomic E-state index is -0.467. The van der Waals surface area contributed by atoms with Crippen molar-refractivity contribution < 1.29 is 18.7 Å². The molecule has 0 N–H and O–H groups in total. The van der Waals surface area contributed by atoms with E-state index in [0.29, 0.717) is 24.2 Å². The number of ether oxygens (including phenoxy) is 2. The third-order valence-electron chi connectivity index (χ3n) is 4.61. The third kappa shape index (κ3) is 2.77. The van der Waals surface area contributed by atoms with Gasteiger partial charge in [-0.05, 0) is 55.4 Å². The molecule has 2 aliphatic rings. The number of hydrogen-bond acceptors (Lipinski definition) is 5. The summed E-state index contributed by atoms with van der Waals surface area (Å²) in [6.07, 6.45) is 4.30. The average molecular weight is 314 g/mol.